The predicted octanol–water partition coefficient (Wildman–Crippen LogP) is 2.69. The van der Waals surface area contributed by atoms with E-state index in [2.05, 4.69) is 20.1 Å². The van der Waals surface area contributed by atoms with E-state index in [0.29, 0.717) is 0 Å². The molecule has 0 aliphatic heterocycles. The lowest BCUT2D eigenvalue weighted by Gasteiger charge is -2.13. The van der Waals surface area contributed by atoms with Crippen LogP contribution in [0.5, 0.6) is 11.5 Å². The standard InChI is InChI=1S/C8H6BrF3O4S/c1-15-6-4-2-3-5(9)7(6)16-17(13,14)8(10,11)12/h2-4H,1H3. The minimum absolute atomic E-state index is 0.0321. The van der Waals surface area contributed by atoms with Gasteiger partial charge in [-0.25, -0.2) is 0 Å². The first-order valence-electron chi connectivity index (χ1n) is 4.02. The van der Waals surface area contributed by atoms with Gasteiger partial charge in [0, 0.05) is 0 Å². The molecule has 0 saturated heterocycles. The van der Waals surface area contributed by atoms with Crippen molar-refractivity contribution in [3.8, 4) is 11.5 Å². The van der Waals surface area contributed by atoms with Gasteiger partial charge in [-0.3, -0.25) is 0 Å². The molecule has 9 heteroatoms. The number of rotatable bonds is 3. The molecule has 1 aromatic carbocycles. The zero-order valence-electron chi connectivity index (χ0n) is 8.29. The van der Waals surface area contributed by atoms with Gasteiger partial charge < -0.3 is 8.92 Å². The number of halogens is 4. The Bertz CT molecular complexity index is 512. The van der Waals surface area contributed by atoms with Crippen LogP contribution in [-0.4, -0.2) is 21.0 Å². The second-order valence-corrected chi connectivity index (χ2v) is 5.15. The summed E-state index contributed by atoms with van der Waals surface area (Å²) >= 11 is 2.87. The lowest BCUT2D eigenvalue weighted by atomic mass is 10.3. The van der Waals surface area contributed by atoms with Crippen molar-refractivity contribution < 1.29 is 30.5 Å². The van der Waals surface area contributed by atoms with E-state index >= 15 is 0 Å². The van der Waals surface area contributed by atoms with Crippen LogP contribution in [0, 0.1) is 0 Å². The van der Waals surface area contributed by atoms with Crippen LogP contribution in [0.15, 0.2) is 22.7 Å². The summed E-state index contributed by atoms with van der Waals surface area (Å²) in [5.74, 6) is -0.681. The highest BCUT2D eigenvalue weighted by atomic mass is 79.9. The van der Waals surface area contributed by atoms with Gasteiger partial charge in [0.2, 0.25) is 0 Å². The van der Waals surface area contributed by atoms with E-state index in [1.54, 1.807) is 0 Å². The van der Waals surface area contributed by atoms with Gasteiger partial charge in [-0.2, -0.15) is 21.6 Å². The number of methoxy groups -OCH3 is 1. The van der Waals surface area contributed by atoms with Gasteiger partial charge >= 0.3 is 15.6 Å². The van der Waals surface area contributed by atoms with Gasteiger partial charge in [-0.1, -0.05) is 6.07 Å². The highest BCUT2D eigenvalue weighted by molar-refractivity contribution is 9.10. The Hall–Kier alpha value is -0.960. The summed E-state index contributed by atoms with van der Waals surface area (Å²) in [4.78, 5) is 0. The van der Waals surface area contributed by atoms with Gasteiger partial charge in [0.25, 0.3) is 0 Å². The normalized spacial score (nSPS) is 12.3. The van der Waals surface area contributed by atoms with Gasteiger partial charge in [0.15, 0.2) is 11.5 Å². The lowest BCUT2D eigenvalue weighted by Crippen LogP contribution is -2.28. The fourth-order valence-electron chi connectivity index (χ4n) is 0.888. The molecule has 0 fully saturated rings. The minimum atomic E-state index is -5.72. The molecule has 0 saturated carbocycles. The van der Waals surface area contributed by atoms with Crippen LogP contribution in [0.3, 0.4) is 0 Å². The molecule has 0 aliphatic carbocycles. The molecular weight excluding hydrogens is 329 g/mol. The fraction of sp³-hybridized carbons (Fsp3) is 0.250. The third-order valence-corrected chi connectivity index (χ3v) is 3.20. The van der Waals surface area contributed by atoms with Gasteiger partial charge in [-0.15, -0.1) is 0 Å². The summed E-state index contributed by atoms with van der Waals surface area (Å²) in [6, 6.07) is 4.05. The second kappa shape index (κ2) is 4.73. The second-order valence-electron chi connectivity index (χ2n) is 2.75. The maximum absolute atomic E-state index is 12.1. The maximum atomic E-state index is 12.1. The first kappa shape index (κ1) is 14.1. The van der Waals surface area contributed by atoms with Crippen LogP contribution in [0.2, 0.25) is 0 Å². The molecule has 17 heavy (non-hydrogen) atoms. The van der Waals surface area contributed by atoms with Crippen LogP contribution in [-0.2, 0) is 10.1 Å². The van der Waals surface area contributed by atoms with Crippen molar-refractivity contribution in [2.45, 2.75) is 5.51 Å². The molecule has 0 bridgehead atoms. The van der Waals surface area contributed by atoms with Crippen LogP contribution in [0.1, 0.15) is 0 Å². The Morgan fingerprint density at radius 3 is 2.35 bits per heavy atom. The van der Waals surface area contributed by atoms with Crippen molar-refractivity contribution >= 4 is 26.0 Å². The Labute approximate surface area is 104 Å². The van der Waals surface area contributed by atoms with Crippen molar-refractivity contribution in [3.63, 3.8) is 0 Å². The van der Waals surface area contributed by atoms with Crippen molar-refractivity contribution in [2.24, 2.45) is 0 Å². The molecule has 0 spiro atoms. The number of ether oxygens (including phenoxy) is 1. The first-order valence-corrected chi connectivity index (χ1v) is 6.22. The molecule has 1 rings (SSSR count). The third kappa shape index (κ3) is 3.03. The van der Waals surface area contributed by atoms with Crippen molar-refractivity contribution in [1.29, 1.82) is 0 Å². The Kier molecular flexibility index (Phi) is 3.92. The molecule has 0 N–H and O–H groups in total. The summed E-state index contributed by atoms with van der Waals surface area (Å²) in [5.41, 5.74) is -5.49. The molecule has 0 heterocycles. The van der Waals surface area contributed by atoms with E-state index in [1.807, 2.05) is 0 Å². The van der Waals surface area contributed by atoms with E-state index in [0.717, 1.165) is 0 Å². The van der Waals surface area contributed by atoms with E-state index in [9.17, 15) is 21.6 Å². The molecule has 0 amide bonds. The molecule has 0 radical (unpaired) electrons. The molecule has 0 unspecified atom stereocenters. The van der Waals surface area contributed by atoms with Crippen molar-refractivity contribution in [3.05, 3.63) is 22.7 Å². The Morgan fingerprint density at radius 1 is 1.29 bits per heavy atom. The monoisotopic (exact) mass is 334 g/mol. The van der Waals surface area contributed by atoms with E-state index in [1.165, 1.54) is 25.3 Å². The number of hydrogen-bond donors (Lipinski definition) is 0. The van der Waals surface area contributed by atoms with Crippen LogP contribution >= 0.6 is 15.9 Å². The largest absolute Gasteiger partial charge is 0.534 e. The van der Waals surface area contributed by atoms with Crippen LogP contribution < -0.4 is 8.92 Å². The van der Waals surface area contributed by atoms with E-state index in [-0.39, 0.29) is 10.2 Å². The molecule has 0 aromatic heterocycles. The van der Waals surface area contributed by atoms with E-state index in [4.69, 9.17) is 4.74 Å². The molecule has 0 aliphatic rings. The summed E-state index contributed by atoms with van der Waals surface area (Å²) < 4.78 is 66.7. The number of alkyl halides is 3. The number of para-hydroxylation sites is 1. The summed E-state index contributed by atoms with van der Waals surface area (Å²) in [7, 11) is -4.54. The number of benzene rings is 1. The van der Waals surface area contributed by atoms with E-state index < -0.39 is 21.4 Å². The quantitative estimate of drug-likeness (QED) is 0.630. The SMILES string of the molecule is COc1cccc(Br)c1OS(=O)(=O)C(F)(F)F. The smallest absolute Gasteiger partial charge is 0.493 e. The average molecular weight is 335 g/mol. The van der Waals surface area contributed by atoms with Crippen LogP contribution in [0.25, 0.3) is 0 Å². The highest BCUT2D eigenvalue weighted by Crippen LogP contribution is 2.38. The molecule has 1 aromatic rings. The first-order chi connectivity index (χ1) is 7.69. The molecular formula is C8H6BrF3O4S. The van der Waals surface area contributed by atoms with Gasteiger partial charge in [0.05, 0.1) is 11.6 Å². The highest BCUT2D eigenvalue weighted by Gasteiger charge is 2.49. The lowest BCUT2D eigenvalue weighted by molar-refractivity contribution is -0.0500. The summed E-state index contributed by atoms with van der Waals surface area (Å²) in [5, 5.41) is 0. The average Bonchev–Trinajstić information content (AvgIpc) is 2.19. The topological polar surface area (TPSA) is 52.6 Å². The molecule has 4 nitrogen and oxygen atoms in total. The predicted molar refractivity (Wildman–Crippen MR) is 56.3 cm³/mol. The minimum Gasteiger partial charge on any atom is -0.493 e. The molecule has 96 valence electrons. The van der Waals surface area contributed by atoms with Crippen molar-refractivity contribution in [1.82, 2.24) is 0 Å². The van der Waals surface area contributed by atoms with Crippen molar-refractivity contribution in [2.75, 3.05) is 7.11 Å². The van der Waals surface area contributed by atoms with Gasteiger partial charge in [0.1, 0.15) is 0 Å². The third-order valence-electron chi connectivity index (χ3n) is 1.63. The molecule has 0 atom stereocenters. The van der Waals surface area contributed by atoms with Crippen LogP contribution in [0.4, 0.5) is 13.2 Å². The zero-order chi connectivity index (χ0) is 13.3. The fourth-order valence-corrected chi connectivity index (χ4v) is 1.91. The zero-order valence-corrected chi connectivity index (χ0v) is 10.7. The maximum Gasteiger partial charge on any atom is 0.534 e. The number of hydrogen-bond acceptors (Lipinski definition) is 4. The van der Waals surface area contributed by atoms with Gasteiger partial charge in [-0.05, 0) is 28.1 Å². The summed E-state index contributed by atoms with van der Waals surface area (Å²) in [6.45, 7) is 0. The summed E-state index contributed by atoms with van der Waals surface area (Å²) in [6.07, 6.45) is 0. The Morgan fingerprint density at radius 2 is 1.88 bits per heavy atom. The Balaban J connectivity index is 3.21.